The van der Waals surface area contributed by atoms with Crippen molar-refractivity contribution in [3.05, 3.63) is 91.1 Å². The van der Waals surface area contributed by atoms with Crippen LogP contribution in [0.3, 0.4) is 0 Å². The zero-order valence-corrected chi connectivity index (χ0v) is 30.5. The highest BCUT2D eigenvalue weighted by Gasteiger charge is 2.56. The zero-order valence-electron chi connectivity index (χ0n) is 27.8. The first kappa shape index (κ1) is 33.8. The van der Waals surface area contributed by atoms with Gasteiger partial charge in [0.2, 0.25) is 0 Å². The van der Waals surface area contributed by atoms with E-state index in [2.05, 4.69) is 54.5 Å². The van der Waals surface area contributed by atoms with Crippen molar-refractivity contribution in [2.45, 2.75) is 68.5 Å². The molecule has 0 saturated heterocycles. The Morgan fingerprint density at radius 2 is 1.55 bits per heavy atom. The van der Waals surface area contributed by atoms with Crippen LogP contribution in [-0.2, 0) is 4.74 Å². The van der Waals surface area contributed by atoms with Crippen molar-refractivity contribution in [2.75, 3.05) is 18.7 Å². The van der Waals surface area contributed by atoms with Crippen LogP contribution in [-0.4, -0.2) is 64.3 Å². The molecule has 0 spiro atoms. The minimum atomic E-state index is -3.29. The van der Waals surface area contributed by atoms with Gasteiger partial charge in [-0.1, -0.05) is 98.4 Å². The lowest BCUT2D eigenvalue weighted by atomic mass is 9.78. The van der Waals surface area contributed by atoms with E-state index < -0.39 is 19.0 Å². The van der Waals surface area contributed by atoms with Crippen LogP contribution in [0.5, 0.6) is 0 Å². The molecule has 0 unspecified atom stereocenters. The van der Waals surface area contributed by atoms with Crippen molar-refractivity contribution in [2.24, 2.45) is 11.8 Å². The van der Waals surface area contributed by atoms with Gasteiger partial charge in [-0.3, -0.25) is 0 Å². The maximum Gasteiger partial charge on any atom is 0.258 e. The van der Waals surface area contributed by atoms with Gasteiger partial charge in [-0.15, -0.1) is 11.3 Å². The van der Waals surface area contributed by atoms with Crippen LogP contribution in [0.25, 0.3) is 20.8 Å². The SMILES string of the molecule is CO[C@@H]1[C@H](CC(C)(C)[Si](O)(c2ccccc2)c2ccccc2)[C@@H](C(C)(C)O)C[C@H]1Nc1nc(SC)ncc1-c1nc2ccccc2s1. The first-order valence-electron chi connectivity index (χ1n) is 16.1. The maximum absolute atomic E-state index is 13.0. The molecule has 4 atom stereocenters. The molecule has 0 radical (unpaired) electrons. The van der Waals surface area contributed by atoms with E-state index in [0.29, 0.717) is 23.8 Å². The van der Waals surface area contributed by atoms with Crippen molar-refractivity contribution in [3.63, 3.8) is 0 Å². The lowest BCUT2D eigenvalue weighted by Crippen LogP contribution is -2.66. The highest BCUT2D eigenvalue weighted by Crippen LogP contribution is 2.51. The fourth-order valence-electron chi connectivity index (χ4n) is 7.60. The number of thioether (sulfide) groups is 1. The Bertz CT molecular complexity index is 1740. The number of ether oxygens (including phenoxy) is 1. The van der Waals surface area contributed by atoms with Crippen molar-refractivity contribution in [3.8, 4) is 10.6 Å². The van der Waals surface area contributed by atoms with Crippen molar-refractivity contribution in [1.29, 1.82) is 0 Å². The highest BCUT2D eigenvalue weighted by atomic mass is 32.2. The Balaban J connectivity index is 1.38. The molecule has 2 aromatic heterocycles. The molecule has 2 heterocycles. The third-order valence-electron chi connectivity index (χ3n) is 9.93. The van der Waals surface area contributed by atoms with Gasteiger partial charge in [-0.25, -0.2) is 15.0 Å². The monoisotopic (exact) mass is 684 g/mol. The predicted molar refractivity (Wildman–Crippen MR) is 197 cm³/mol. The number of nitrogens with zero attached hydrogens (tertiary/aromatic N) is 3. The van der Waals surface area contributed by atoms with Gasteiger partial charge in [0, 0.05) is 13.3 Å². The average molecular weight is 685 g/mol. The Morgan fingerprint density at radius 3 is 2.13 bits per heavy atom. The minimum absolute atomic E-state index is 0.0493. The van der Waals surface area contributed by atoms with E-state index in [1.165, 1.54) is 11.8 Å². The molecule has 6 rings (SSSR count). The number of nitrogens with one attached hydrogen (secondary N) is 1. The first-order valence-corrected chi connectivity index (χ1v) is 20.1. The lowest BCUT2D eigenvalue weighted by Gasteiger charge is -2.45. The van der Waals surface area contributed by atoms with E-state index in [9.17, 15) is 9.90 Å². The number of thiazole rings is 1. The van der Waals surface area contributed by atoms with Crippen molar-refractivity contribution in [1.82, 2.24) is 15.0 Å². The van der Waals surface area contributed by atoms with Crippen LogP contribution in [0, 0.1) is 11.8 Å². The van der Waals surface area contributed by atoms with Crippen LogP contribution in [0.1, 0.15) is 40.5 Å². The Labute approximate surface area is 287 Å². The average Bonchev–Trinajstić information content (AvgIpc) is 3.66. The van der Waals surface area contributed by atoms with Crippen LogP contribution >= 0.6 is 23.1 Å². The third-order valence-corrected chi connectivity index (χ3v) is 16.1. The number of methoxy groups -OCH3 is 1. The number of benzene rings is 3. The van der Waals surface area contributed by atoms with Crippen LogP contribution in [0.15, 0.2) is 96.3 Å². The van der Waals surface area contributed by atoms with Gasteiger partial charge in [-0.05, 0) is 72.3 Å². The standard InChI is InChI=1S/C37H44N4O3S2Si/c1-36(2,47(43,24-15-9-7-10-16-24)25-17-11-8-12-18-25)22-26-28(37(3,4)42)21-30(32(26)44-5)39-33-27(23-38-35(41-33)45-6)34-40-29-19-13-14-20-31(29)46-34/h7-20,23,26,28,30,32,42-43H,21-22H2,1-6H3,(H,38,39,41)/t26-,28+,30-,32-/m1/s1. The highest BCUT2D eigenvalue weighted by molar-refractivity contribution is 7.98. The molecule has 0 aliphatic heterocycles. The second-order valence-corrected chi connectivity index (χ2v) is 19.5. The van der Waals surface area contributed by atoms with Crippen molar-refractivity contribution >= 4 is 57.8 Å². The fourth-order valence-corrected chi connectivity index (χ4v) is 12.7. The lowest BCUT2D eigenvalue weighted by molar-refractivity contribution is -0.0298. The molecule has 5 aromatic rings. The van der Waals surface area contributed by atoms with Crippen LogP contribution < -0.4 is 15.7 Å². The van der Waals surface area contributed by atoms with E-state index >= 15 is 0 Å². The zero-order chi connectivity index (χ0) is 33.4. The van der Waals surface area contributed by atoms with Gasteiger partial charge in [0.15, 0.2) is 5.16 Å². The molecule has 3 N–H and O–H groups in total. The quantitative estimate of drug-likeness (QED) is 0.0814. The number of para-hydroxylation sites is 1. The second-order valence-electron chi connectivity index (χ2n) is 13.7. The number of rotatable bonds is 11. The summed E-state index contributed by atoms with van der Waals surface area (Å²) in [7, 11) is -1.54. The van der Waals surface area contributed by atoms with E-state index in [1.54, 1.807) is 18.4 Å². The molecule has 47 heavy (non-hydrogen) atoms. The van der Waals surface area contributed by atoms with Gasteiger partial charge >= 0.3 is 0 Å². The van der Waals surface area contributed by atoms with Gasteiger partial charge in [0.1, 0.15) is 10.8 Å². The van der Waals surface area contributed by atoms with Gasteiger partial charge in [0.25, 0.3) is 8.32 Å². The molecular weight excluding hydrogens is 641 g/mol. The van der Waals surface area contributed by atoms with Gasteiger partial charge in [-0.2, -0.15) is 0 Å². The van der Waals surface area contributed by atoms with E-state index in [4.69, 9.17) is 14.7 Å². The molecular formula is C37H44N4O3S2Si. The molecule has 1 aliphatic rings. The predicted octanol–water partition coefficient (Wildman–Crippen LogP) is 6.60. The minimum Gasteiger partial charge on any atom is -0.424 e. The summed E-state index contributed by atoms with van der Waals surface area (Å²) in [5, 5.41) is 18.4. The Morgan fingerprint density at radius 1 is 0.936 bits per heavy atom. The first-order chi connectivity index (χ1) is 22.5. The Kier molecular flexibility index (Phi) is 9.64. The number of hydrogen-bond acceptors (Lipinski definition) is 9. The summed E-state index contributed by atoms with van der Waals surface area (Å²) in [6, 6.07) is 28.2. The summed E-state index contributed by atoms with van der Waals surface area (Å²) in [4.78, 5) is 27.4. The van der Waals surface area contributed by atoms with Gasteiger partial charge < -0.3 is 20.0 Å². The van der Waals surface area contributed by atoms with E-state index in [0.717, 1.165) is 31.2 Å². The summed E-state index contributed by atoms with van der Waals surface area (Å²) in [6.07, 6.45) is 4.92. The smallest absolute Gasteiger partial charge is 0.258 e. The summed E-state index contributed by atoms with van der Waals surface area (Å²) in [5.41, 5.74) is 0.817. The summed E-state index contributed by atoms with van der Waals surface area (Å²) >= 11 is 3.12. The topological polar surface area (TPSA) is 100 Å². The van der Waals surface area contributed by atoms with Crippen molar-refractivity contribution < 1.29 is 14.6 Å². The molecule has 0 amide bonds. The second kappa shape index (κ2) is 13.4. The molecule has 1 saturated carbocycles. The molecule has 7 nitrogen and oxygen atoms in total. The molecule has 10 heteroatoms. The Hall–Kier alpha value is -3.12. The number of hydrogen-bond donors (Lipinski definition) is 3. The molecule has 1 fully saturated rings. The molecule has 0 bridgehead atoms. The number of anilines is 1. The number of fused-ring (bicyclic) bond motifs is 1. The summed E-state index contributed by atoms with van der Waals surface area (Å²) in [5.74, 6) is 0.567. The summed E-state index contributed by atoms with van der Waals surface area (Å²) in [6.45, 7) is 8.17. The fraction of sp³-hybridized carbons (Fsp3) is 0.378. The summed E-state index contributed by atoms with van der Waals surface area (Å²) < 4.78 is 7.46. The maximum atomic E-state index is 13.0. The van der Waals surface area contributed by atoms with E-state index in [1.807, 2.05) is 80.9 Å². The van der Waals surface area contributed by atoms with Crippen LogP contribution in [0.2, 0.25) is 5.04 Å². The molecule has 246 valence electrons. The normalized spacial score (nSPS) is 20.5. The third kappa shape index (κ3) is 6.51. The van der Waals surface area contributed by atoms with Crippen LogP contribution in [0.4, 0.5) is 5.82 Å². The molecule has 3 aromatic carbocycles. The number of aliphatic hydroxyl groups is 1. The van der Waals surface area contributed by atoms with Gasteiger partial charge in [0.05, 0.1) is 33.5 Å². The van der Waals surface area contributed by atoms with E-state index in [-0.39, 0.29) is 24.0 Å². The largest absolute Gasteiger partial charge is 0.424 e. The number of aromatic nitrogens is 3. The molecule has 1 aliphatic carbocycles.